The van der Waals surface area contributed by atoms with Gasteiger partial charge in [-0.2, -0.15) is 0 Å². The highest BCUT2D eigenvalue weighted by Crippen LogP contribution is 2.20. The number of benzene rings is 3. The topological polar surface area (TPSA) is 122 Å². The Morgan fingerprint density at radius 2 is 1.59 bits per heavy atom. The molecule has 0 saturated carbocycles. The number of aromatic nitrogens is 1. The Hall–Kier alpha value is -4.53. The molecule has 0 fully saturated rings. The van der Waals surface area contributed by atoms with Crippen LogP contribution in [0.2, 0.25) is 0 Å². The smallest absolute Gasteiger partial charge is 0.420 e. The molecule has 160 valence electrons. The van der Waals surface area contributed by atoms with E-state index in [1.165, 1.54) is 37.4 Å². The number of Topliss-reactive ketones (excluding diaryl/α,β-unsaturated/α-hetero) is 1. The molecular weight excluding hydrogens is 416 g/mol. The molecule has 0 amide bonds. The molecule has 0 bridgehead atoms. The maximum absolute atomic E-state index is 12.8. The quantitative estimate of drug-likeness (QED) is 0.248. The van der Waals surface area contributed by atoms with E-state index in [0.717, 1.165) is 4.57 Å². The number of hydrogen-bond donors (Lipinski definition) is 0. The largest absolute Gasteiger partial charge is 0.497 e. The number of carbonyl (C=O) groups is 2. The number of ether oxygens (including phenoxy) is 1. The van der Waals surface area contributed by atoms with Gasteiger partial charge in [0.05, 0.1) is 24.1 Å². The molecule has 0 unspecified atom stereocenters. The van der Waals surface area contributed by atoms with E-state index in [0.29, 0.717) is 22.4 Å². The highest BCUT2D eigenvalue weighted by atomic mass is 16.6. The van der Waals surface area contributed by atoms with Crippen LogP contribution in [0, 0.1) is 10.1 Å². The molecule has 1 aromatic heterocycles. The van der Waals surface area contributed by atoms with Crippen LogP contribution in [0.4, 0.5) is 5.69 Å². The van der Waals surface area contributed by atoms with E-state index in [1.54, 1.807) is 36.4 Å². The summed E-state index contributed by atoms with van der Waals surface area (Å²) in [6, 6.07) is 16.3. The Labute approximate surface area is 180 Å². The Kier molecular flexibility index (Phi) is 5.38. The molecular formula is C23H16N2O7. The van der Waals surface area contributed by atoms with Crippen LogP contribution >= 0.6 is 0 Å². The third-order valence-corrected chi connectivity index (χ3v) is 4.98. The number of nitro groups is 1. The summed E-state index contributed by atoms with van der Waals surface area (Å²) in [5.74, 6) is -0.794. The molecule has 9 heteroatoms. The second-order valence-corrected chi connectivity index (χ2v) is 6.92. The van der Waals surface area contributed by atoms with E-state index < -0.39 is 16.5 Å². The second kappa shape index (κ2) is 8.31. The lowest BCUT2D eigenvalue weighted by atomic mass is 10.0. The van der Waals surface area contributed by atoms with Gasteiger partial charge >= 0.3 is 5.76 Å². The molecule has 0 N–H and O–H groups in total. The first-order valence-electron chi connectivity index (χ1n) is 9.47. The average molecular weight is 432 g/mol. The van der Waals surface area contributed by atoms with E-state index in [-0.39, 0.29) is 29.2 Å². The predicted octanol–water partition coefficient (Wildman–Crippen LogP) is 3.63. The minimum absolute atomic E-state index is 0.137. The molecule has 32 heavy (non-hydrogen) atoms. The fourth-order valence-corrected chi connectivity index (χ4v) is 3.27. The highest BCUT2D eigenvalue weighted by molar-refractivity contribution is 6.10. The van der Waals surface area contributed by atoms with Crippen molar-refractivity contribution in [3.8, 4) is 5.75 Å². The van der Waals surface area contributed by atoms with Crippen LogP contribution in [0.1, 0.15) is 26.3 Å². The third kappa shape index (κ3) is 3.91. The fraction of sp³-hybridized carbons (Fsp3) is 0.0870. The predicted molar refractivity (Wildman–Crippen MR) is 114 cm³/mol. The maximum Gasteiger partial charge on any atom is 0.420 e. The van der Waals surface area contributed by atoms with Gasteiger partial charge in [-0.15, -0.1) is 0 Å². The van der Waals surface area contributed by atoms with Gasteiger partial charge in [-0.1, -0.05) is 0 Å². The van der Waals surface area contributed by atoms with Crippen LogP contribution in [0.5, 0.6) is 5.75 Å². The number of carbonyl (C=O) groups excluding carboxylic acids is 2. The number of rotatable bonds is 7. The minimum atomic E-state index is -0.746. The second-order valence-electron chi connectivity index (χ2n) is 6.92. The molecule has 9 nitrogen and oxygen atoms in total. The first-order valence-corrected chi connectivity index (χ1v) is 9.47. The van der Waals surface area contributed by atoms with Gasteiger partial charge in [0.25, 0.3) is 5.69 Å². The van der Waals surface area contributed by atoms with E-state index in [1.807, 2.05) is 0 Å². The van der Waals surface area contributed by atoms with E-state index in [4.69, 9.17) is 9.15 Å². The Morgan fingerprint density at radius 3 is 2.22 bits per heavy atom. The summed E-state index contributed by atoms with van der Waals surface area (Å²) < 4.78 is 11.5. The van der Waals surface area contributed by atoms with Gasteiger partial charge in [-0.05, 0) is 54.6 Å². The van der Waals surface area contributed by atoms with Crippen LogP contribution in [-0.4, -0.2) is 28.2 Å². The lowest BCUT2D eigenvalue weighted by Crippen LogP contribution is -2.20. The Morgan fingerprint density at radius 1 is 0.969 bits per heavy atom. The van der Waals surface area contributed by atoms with Gasteiger partial charge < -0.3 is 9.15 Å². The van der Waals surface area contributed by atoms with Crippen LogP contribution in [-0.2, 0) is 6.54 Å². The molecule has 0 aliphatic heterocycles. The van der Waals surface area contributed by atoms with E-state index >= 15 is 0 Å². The number of methoxy groups -OCH3 is 1. The first-order chi connectivity index (χ1) is 15.4. The molecule has 0 saturated heterocycles. The van der Waals surface area contributed by atoms with Crippen LogP contribution < -0.4 is 10.5 Å². The molecule has 0 spiro atoms. The van der Waals surface area contributed by atoms with Crippen molar-refractivity contribution >= 4 is 28.4 Å². The number of oxazole rings is 1. The molecule has 0 atom stereocenters. The lowest BCUT2D eigenvalue weighted by Gasteiger charge is -2.04. The van der Waals surface area contributed by atoms with Crippen molar-refractivity contribution in [3.63, 3.8) is 0 Å². The molecule has 4 aromatic rings. The molecule has 3 aromatic carbocycles. The third-order valence-electron chi connectivity index (χ3n) is 4.98. The summed E-state index contributed by atoms with van der Waals surface area (Å²) in [7, 11) is 1.53. The van der Waals surface area contributed by atoms with Crippen molar-refractivity contribution in [2.45, 2.75) is 6.54 Å². The summed E-state index contributed by atoms with van der Waals surface area (Å²) in [4.78, 5) is 47.8. The standard InChI is InChI=1S/C23H16N2O7/c1-31-18-9-4-15(5-10-18)22(27)16-6-11-19-21(12-16)32-23(28)24(19)13-20(26)14-2-7-17(8-3-14)25(29)30/h2-12H,13H2,1H3. The zero-order valence-corrected chi connectivity index (χ0v) is 16.8. The van der Waals surface area contributed by atoms with Gasteiger partial charge in [0, 0.05) is 28.8 Å². The van der Waals surface area contributed by atoms with Gasteiger partial charge in [0.15, 0.2) is 17.1 Å². The molecule has 0 aliphatic carbocycles. The summed E-state index contributed by atoms with van der Waals surface area (Å²) in [6.45, 7) is -0.310. The monoisotopic (exact) mass is 432 g/mol. The van der Waals surface area contributed by atoms with Crippen LogP contribution in [0.25, 0.3) is 11.1 Å². The summed E-state index contributed by atoms with van der Waals surface area (Å²) in [5, 5.41) is 10.8. The Balaban J connectivity index is 1.60. The number of fused-ring (bicyclic) bond motifs is 1. The Bertz CT molecular complexity index is 1400. The maximum atomic E-state index is 12.8. The zero-order chi connectivity index (χ0) is 22.8. The normalized spacial score (nSPS) is 10.8. The average Bonchev–Trinajstić information content (AvgIpc) is 3.12. The van der Waals surface area contributed by atoms with Gasteiger partial charge in [-0.3, -0.25) is 24.3 Å². The minimum Gasteiger partial charge on any atom is -0.497 e. The number of ketones is 2. The van der Waals surface area contributed by atoms with Crippen LogP contribution in [0.3, 0.4) is 0 Å². The van der Waals surface area contributed by atoms with Crippen LogP contribution in [0.15, 0.2) is 75.9 Å². The van der Waals surface area contributed by atoms with Crippen molar-refractivity contribution in [2.75, 3.05) is 7.11 Å². The molecule has 0 radical (unpaired) electrons. The fourth-order valence-electron chi connectivity index (χ4n) is 3.27. The van der Waals surface area contributed by atoms with E-state index in [2.05, 4.69) is 0 Å². The zero-order valence-electron chi connectivity index (χ0n) is 16.8. The van der Waals surface area contributed by atoms with E-state index in [9.17, 15) is 24.5 Å². The van der Waals surface area contributed by atoms with Gasteiger partial charge in [0.2, 0.25) is 0 Å². The summed E-state index contributed by atoms with van der Waals surface area (Å²) in [6.07, 6.45) is 0. The van der Waals surface area contributed by atoms with Crippen molar-refractivity contribution in [2.24, 2.45) is 0 Å². The van der Waals surface area contributed by atoms with Crippen molar-refractivity contribution in [1.29, 1.82) is 0 Å². The van der Waals surface area contributed by atoms with Crippen molar-refractivity contribution in [3.05, 3.63) is 104 Å². The number of hydrogen-bond acceptors (Lipinski definition) is 7. The first kappa shape index (κ1) is 20.7. The molecule has 4 rings (SSSR count). The SMILES string of the molecule is COc1ccc(C(=O)c2ccc3c(c2)oc(=O)n3CC(=O)c2ccc([N+](=O)[O-])cc2)cc1. The van der Waals surface area contributed by atoms with Gasteiger partial charge in [0.1, 0.15) is 5.75 Å². The number of nitro benzene ring substituents is 1. The van der Waals surface area contributed by atoms with Crippen molar-refractivity contribution < 1.29 is 23.7 Å². The molecule has 1 heterocycles. The van der Waals surface area contributed by atoms with Crippen molar-refractivity contribution in [1.82, 2.24) is 4.57 Å². The number of nitrogens with zero attached hydrogens (tertiary/aromatic N) is 2. The number of non-ortho nitro benzene ring substituents is 1. The lowest BCUT2D eigenvalue weighted by molar-refractivity contribution is -0.384. The van der Waals surface area contributed by atoms with Gasteiger partial charge in [-0.25, -0.2) is 4.79 Å². The summed E-state index contributed by atoms with van der Waals surface area (Å²) >= 11 is 0. The molecule has 0 aliphatic rings. The summed E-state index contributed by atoms with van der Waals surface area (Å²) in [5.41, 5.74) is 1.39. The highest BCUT2D eigenvalue weighted by Gasteiger charge is 2.17.